The highest BCUT2D eigenvalue weighted by atomic mass is 19.3. The lowest BCUT2D eigenvalue weighted by molar-refractivity contribution is -0.132. The molecule has 0 radical (unpaired) electrons. The van der Waals surface area contributed by atoms with E-state index < -0.39 is 6.61 Å². The number of alkyl halides is 2. The highest BCUT2D eigenvalue weighted by molar-refractivity contribution is 6.39. The summed E-state index contributed by atoms with van der Waals surface area (Å²) in [7, 11) is 1.37. The molecule has 2 aromatic rings. The number of amides is 2. The van der Waals surface area contributed by atoms with Crippen molar-refractivity contribution in [3.05, 3.63) is 59.7 Å². The lowest BCUT2D eigenvalue weighted by Gasteiger charge is -2.23. The summed E-state index contributed by atoms with van der Waals surface area (Å²) in [4.78, 5) is 24.6. The second-order valence-corrected chi connectivity index (χ2v) is 6.85. The monoisotopic (exact) mass is 431 g/mol. The second-order valence-electron chi connectivity index (χ2n) is 6.85. The number of hydrogen-bond acceptors (Lipinski definition) is 5. The van der Waals surface area contributed by atoms with Crippen molar-refractivity contribution in [1.82, 2.24) is 10.3 Å². The summed E-state index contributed by atoms with van der Waals surface area (Å²) in [5.74, 6) is -0.353. The molecule has 0 saturated carbocycles. The van der Waals surface area contributed by atoms with E-state index in [4.69, 9.17) is 4.74 Å². The van der Waals surface area contributed by atoms with Crippen molar-refractivity contribution in [2.24, 2.45) is 5.10 Å². The molecule has 1 aliphatic heterocycles. The number of halogens is 2. The zero-order chi connectivity index (χ0) is 22.2. The molecule has 0 saturated heterocycles. The Morgan fingerprint density at radius 3 is 2.61 bits per heavy atom. The van der Waals surface area contributed by atoms with Crippen LogP contribution >= 0.6 is 0 Å². The van der Waals surface area contributed by atoms with Gasteiger partial charge in [-0.15, -0.1) is 0 Å². The van der Waals surface area contributed by atoms with Crippen molar-refractivity contribution in [2.75, 3.05) is 13.7 Å². The van der Waals surface area contributed by atoms with Crippen molar-refractivity contribution in [2.45, 2.75) is 32.4 Å². The molecule has 1 aliphatic rings. The van der Waals surface area contributed by atoms with E-state index in [1.807, 2.05) is 30.3 Å². The fraction of sp³-hybridized carbons (Fsp3) is 0.318. The van der Waals surface area contributed by atoms with E-state index >= 15 is 0 Å². The average molecular weight is 431 g/mol. The van der Waals surface area contributed by atoms with Crippen molar-refractivity contribution >= 4 is 17.5 Å². The summed E-state index contributed by atoms with van der Waals surface area (Å²) in [6, 6.07) is 14.1. The van der Waals surface area contributed by atoms with E-state index in [0.717, 1.165) is 5.56 Å². The number of methoxy groups -OCH3 is 1. The summed E-state index contributed by atoms with van der Waals surface area (Å²) < 4.78 is 34.6. The summed E-state index contributed by atoms with van der Waals surface area (Å²) in [5.41, 5.74) is 1.90. The molecule has 0 aliphatic carbocycles. The largest absolute Gasteiger partial charge is 0.493 e. The van der Waals surface area contributed by atoms with E-state index in [2.05, 4.69) is 15.2 Å². The molecule has 0 atom stereocenters. The number of carbonyl (C=O) groups is 2. The van der Waals surface area contributed by atoms with Gasteiger partial charge in [-0.25, -0.2) is 5.01 Å². The number of benzene rings is 2. The van der Waals surface area contributed by atoms with Crippen LogP contribution in [0.2, 0.25) is 0 Å². The number of carbonyl (C=O) groups excluding carboxylic acids is 2. The summed E-state index contributed by atoms with van der Waals surface area (Å²) in [6.07, 6.45) is 0.881. The SMILES string of the molecule is COc1ccc(CCNC(=O)C2=NN(Cc3ccccc3)C(=O)CC2)cc1OC(F)F. The molecule has 2 amide bonds. The molecule has 0 spiro atoms. The minimum atomic E-state index is -2.96. The van der Waals surface area contributed by atoms with Crippen molar-refractivity contribution in [1.29, 1.82) is 0 Å². The van der Waals surface area contributed by atoms with Crippen LogP contribution in [0, 0.1) is 0 Å². The van der Waals surface area contributed by atoms with Crippen LogP contribution in [0.4, 0.5) is 8.78 Å². The third kappa shape index (κ3) is 6.24. The van der Waals surface area contributed by atoms with Crippen LogP contribution < -0.4 is 14.8 Å². The Kier molecular flexibility index (Phi) is 7.53. The van der Waals surface area contributed by atoms with E-state index in [-0.39, 0.29) is 48.4 Å². The Balaban J connectivity index is 1.57. The minimum Gasteiger partial charge on any atom is -0.493 e. The van der Waals surface area contributed by atoms with Gasteiger partial charge in [-0.05, 0) is 29.7 Å². The van der Waals surface area contributed by atoms with Gasteiger partial charge < -0.3 is 14.8 Å². The Bertz CT molecular complexity index is 951. The molecule has 1 N–H and O–H groups in total. The third-order valence-corrected chi connectivity index (χ3v) is 4.69. The van der Waals surface area contributed by atoms with Crippen LogP contribution in [0.15, 0.2) is 53.6 Å². The molecule has 3 rings (SSSR count). The number of nitrogens with one attached hydrogen (secondary N) is 1. The number of nitrogens with zero attached hydrogens (tertiary/aromatic N) is 2. The highest BCUT2D eigenvalue weighted by Gasteiger charge is 2.24. The van der Waals surface area contributed by atoms with Gasteiger partial charge in [0, 0.05) is 19.4 Å². The van der Waals surface area contributed by atoms with Gasteiger partial charge >= 0.3 is 6.61 Å². The average Bonchev–Trinajstić information content (AvgIpc) is 2.76. The fourth-order valence-corrected chi connectivity index (χ4v) is 3.13. The summed E-state index contributed by atoms with van der Waals surface area (Å²) in [6.45, 7) is -2.39. The van der Waals surface area contributed by atoms with Gasteiger partial charge in [-0.1, -0.05) is 36.4 Å². The zero-order valence-electron chi connectivity index (χ0n) is 17.0. The lowest BCUT2D eigenvalue weighted by Crippen LogP contribution is -2.39. The number of hydrogen-bond donors (Lipinski definition) is 1. The molecule has 7 nitrogen and oxygen atoms in total. The lowest BCUT2D eigenvalue weighted by atomic mass is 10.1. The molecule has 2 aromatic carbocycles. The first-order chi connectivity index (χ1) is 15.0. The Labute approximate surface area is 178 Å². The fourth-order valence-electron chi connectivity index (χ4n) is 3.13. The molecule has 0 unspecified atom stereocenters. The van der Waals surface area contributed by atoms with E-state index in [0.29, 0.717) is 18.5 Å². The van der Waals surface area contributed by atoms with Gasteiger partial charge in [0.25, 0.3) is 5.91 Å². The van der Waals surface area contributed by atoms with Gasteiger partial charge in [0.2, 0.25) is 5.91 Å². The summed E-state index contributed by atoms with van der Waals surface area (Å²) >= 11 is 0. The van der Waals surface area contributed by atoms with Crippen LogP contribution in [0.5, 0.6) is 11.5 Å². The van der Waals surface area contributed by atoms with Gasteiger partial charge in [0.15, 0.2) is 11.5 Å². The standard InChI is InChI=1S/C22H23F2N3O4/c1-30-18-9-7-15(13-19(18)31-22(23)24)11-12-25-21(29)17-8-10-20(28)27(26-17)14-16-5-3-2-4-6-16/h2-7,9,13,22H,8,10-12,14H2,1H3,(H,25,29). The normalized spacial score (nSPS) is 13.7. The second kappa shape index (κ2) is 10.5. The van der Waals surface area contributed by atoms with Crippen molar-refractivity contribution < 1.29 is 27.8 Å². The van der Waals surface area contributed by atoms with Gasteiger partial charge in [0.1, 0.15) is 5.71 Å². The van der Waals surface area contributed by atoms with E-state index in [9.17, 15) is 18.4 Å². The topological polar surface area (TPSA) is 80.2 Å². The maximum Gasteiger partial charge on any atom is 0.387 e. The van der Waals surface area contributed by atoms with Crippen molar-refractivity contribution in [3.8, 4) is 11.5 Å². The molecule has 164 valence electrons. The predicted molar refractivity (Wildman–Crippen MR) is 110 cm³/mol. The van der Waals surface area contributed by atoms with Crippen LogP contribution in [-0.2, 0) is 22.6 Å². The molecule has 0 aromatic heterocycles. The molecule has 31 heavy (non-hydrogen) atoms. The number of rotatable bonds is 9. The third-order valence-electron chi connectivity index (χ3n) is 4.69. The van der Waals surface area contributed by atoms with Crippen molar-refractivity contribution in [3.63, 3.8) is 0 Å². The Morgan fingerprint density at radius 2 is 1.90 bits per heavy atom. The number of ether oxygens (including phenoxy) is 2. The smallest absolute Gasteiger partial charge is 0.387 e. The molecule has 0 bridgehead atoms. The Morgan fingerprint density at radius 1 is 1.13 bits per heavy atom. The van der Waals surface area contributed by atoms with Crippen LogP contribution in [-0.4, -0.2) is 42.8 Å². The first-order valence-electron chi connectivity index (χ1n) is 9.78. The maximum absolute atomic E-state index is 12.6. The quantitative estimate of drug-likeness (QED) is 0.662. The first kappa shape index (κ1) is 22.2. The maximum atomic E-state index is 12.6. The highest BCUT2D eigenvalue weighted by Crippen LogP contribution is 2.29. The van der Waals surface area contributed by atoms with Crippen LogP contribution in [0.25, 0.3) is 0 Å². The molecule has 9 heteroatoms. The molecule has 1 heterocycles. The van der Waals surface area contributed by atoms with Gasteiger partial charge in [-0.2, -0.15) is 13.9 Å². The van der Waals surface area contributed by atoms with Crippen LogP contribution in [0.3, 0.4) is 0 Å². The Hall–Kier alpha value is -3.49. The minimum absolute atomic E-state index is 0.0620. The molecular weight excluding hydrogens is 408 g/mol. The molecular formula is C22H23F2N3O4. The number of hydrazone groups is 1. The zero-order valence-corrected chi connectivity index (χ0v) is 17.0. The molecule has 0 fully saturated rings. The van der Waals surface area contributed by atoms with E-state index in [1.165, 1.54) is 24.3 Å². The predicted octanol–water partition coefficient (Wildman–Crippen LogP) is 3.13. The van der Waals surface area contributed by atoms with E-state index in [1.54, 1.807) is 6.07 Å². The van der Waals surface area contributed by atoms with Crippen LogP contribution in [0.1, 0.15) is 24.0 Å². The first-order valence-corrected chi connectivity index (χ1v) is 9.78. The van der Waals surface area contributed by atoms with Gasteiger partial charge in [-0.3, -0.25) is 9.59 Å². The summed E-state index contributed by atoms with van der Waals surface area (Å²) in [5, 5.41) is 8.29. The van der Waals surface area contributed by atoms with Gasteiger partial charge in [0.05, 0.1) is 13.7 Å².